The average molecular weight is 440 g/mol. The first kappa shape index (κ1) is 18.8. The van der Waals surface area contributed by atoms with Gasteiger partial charge in [0.15, 0.2) is 0 Å². The molecule has 0 aliphatic rings. The van der Waals surface area contributed by atoms with Crippen LogP contribution in [0, 0.1) is 20.8 Å². The van der Waals surface area contributed by atoms with Crippen molar-refractivity contribution in [3.05, 3.63) is 83.7 Å². The first-order valence-corrected chi connectivity index (χ1v) is 12.1. The van der Waals surface area contributed by atoms with Crippen molar-refractivity contribution in [3.8, 4) is 17.1 Å². The van der Waals surface area contributed by atoms with Gasteiger partial charge in [-0.15, -0.1) is 22.7 Å². The molecule has 6 aromatic rings. The van der Waals surface area contributed by atoms with Crippen molar-refractivity contribution in [1.29, 1.82) is 0 Å². The van der Waals surface area contributed by atoms with Crippen LogP contribution in [0.2, 0.25) is 0 Å². The molecule has 0 radical (unpaired) electrons. The molecule has 0 saturated heterocycles. The molecule has 0 aliphatic heterocycles. The van der Waals surface area contributed by atoms with E-state index in [9.17, 15) is 0 Å². The van der Waals surface area contributed by atoms with Crippen LogP contribution in [-0.2, 0) is 7.05 Å². The maximum atomic E-state index is 2.40. The largest absolute Gasteiger partial charge is 0.294 e. The predicted molar refractivity (Wildman–Crippen MR) is 135 cm³/mol. The Hall–Kier alpha value is -2.95. The van der Waals surface area contributed by atoms with Crippen LogP contribution < -0.4 is 4.57 Å². The van der Waals surface area contributed by atoms with Crippen molar-refractivity contribution in [3.63, 3.8) is 0 Å². The van der Waals surface area contributed by atoms with Gasteiger partial charge in [0.05, 0.1) is 16.6 Å². The van der Waals surface area contributed by atoms with Gasteiger partial charge in [-0.05, 0) is 55.7 Å². The van der Waals surface area contributed by atoms with E-state index in [0.717, 1.165) is 0 Å². The first-order chi connectivity index (χ1) is 15.0. The second-order valence-corrected chi connectivity index (χ2v) is 10.7. The second-order valence-electron chi connectivity index (χ2n) is 8.37. The van der Waals surface area contributed by atoms with Gasteiger partial charge in [-0.3, -0.25) is 0 Å². The highest BCUT2D eigenvalue weighted by atomic mass is 32.2. The van der Waals surface area contributed by atoms with Crippen LogP contribution in [0.4, 0.5) is 0 Å². The fourth-order valence-corrected chi connectivity index (χ4v) is 7.45. The molecule has 4 heteroatoms. The third-order valence-corrected chi connectivity index (χ3v) is 8.70. The molecule has 3 aromatic carbocycles. The van der Waals surface area contributed by atoms with Crippen molar-refractivity contribution in [2.75, 3.05) is 0 Å². The van der Waals surface area contributed by atoms with Gasteiger partial charge in [0.25, 0.3) is 5.82 Å². The minimum Gasteiger partial charge on any atom is -0.232 e. The Morgan fingerprint density at radius 1 is 0.774 bits per heavy atom. The number of aromatic nitrogens is 2. The number of benzene rings is 3. The molecule has 0 saturated carbocycles. The van der Waals surface area contributed by atoms with Gasteiger partial charge in [0, 0.05) is 25.6 Å². The van der Waals surface area contributed by atoms with Crippen molar-refractivity contribution in [2.24, 2.45) is 7.05 Å². The standard InChI is InChI=1S/C27H23N2S2/c1-16-8-7-9-17(2)25(16)29-13-12-28(4)26(29)20-15-23-21(14-18(20)3)24-19-10-5-6-11-22(19)30-27(24)31-23/h5-15H,1-4H3/q+1. The molecule has 3 heterocycles. The van der Waals surface area contributed by atoms with Crippen LogP contribution in [0.3, 0.4) is 0 Å². The Balaban J connectivity index is 1.64. The highest BCUT2D eigenvalue weighted by molar-refractivity contribution is 7.44. The summed E-state index contributed by atoms with van der Waals surface area (Å²) in [5.74, 6) is 1.22. The van der Waals surface area contributed by atoms with Gasteiger partial charge in [-0.1, -0.05) is 36.4 Å². The van der Waals surface area contributed by atoms with Crippen LogP contribution in [0.25, 0.3) is 46.6 Å². The molecule has 0 fully saturated rings. The van der Waals surface area contributed by atoms with Crippen molar-refractivity contribution in [1.82, 2.24) is 4.57 Å². The maximum Gasteiger partial charge on any atom is 0.294 e. The number of para-hydroxylation sites is 1. The zero-order valence-corrected chi connectivity index (χ0v) is 19.7. The number of imidazole rings is 1. The number of rotatable bonds is 2. The molecule has 0 bridgehead atoms. The first-order valence-electron chi connectivity index (χ1n) is 10.5. The smallest absolute Gasteiger partial charge is 0.232 e. The Kier molecular flexibility index (Phi) is 4.11. The molecule has 0 atom stereocenters. The Bertz CT molecular complexity index is 1610. The normalized spacial score (nSPS) is 11.9. The van der Waals surface area contributed by atoms with Gasteiger partial charge >= 0.3 is 0 Å². The van der Waals surface area contributed by atoms with E-state index in [0.29, 0.717) is 0 Å². The van der Waals surface area contributed by atoms with Crippen LogP contribution >= 0.6 is 22.7 Å². The quantitative estimate of drug-likeness (QED) is 0.247. The highest BCUT2D eigenvalue weighted by Gasteiger charge is 2.24. The fourth-order valence-electron chi connectivity index (χ4n) is 4.82. The summed E-state index contributed by atoms with van der Waals surface area (Å²) in [7, 11) is 2.14. The van der Waals surface area contributed by atoms with Crippen molar-refractivity contribution in [2.45, 2.75) is 20.8 Å². The van der Waals surface area contributed by atoms with E-state index in [1.54, 1.807) is 0 Å². The van der Waals surface area contributed by atoms with E-state index in [4.69, 9.17) is 0 Å². The summed E-state index contributed by atoms with van der Waals surface area (Å²) >= 11 is 3.83. The zero-order valence-electron chi connectivity index (χ0n) is 18.1. The molecule has 0 spiro atoms. The summed E-state index contributed by atoms with van der Waals surface area (Å²) in [6.07, 6.45) is 4.35. The van der Waals surface area contributed by atoms with E-state index < -0.39 is 0 Å². The van der Waals surface area contributed by atoms with Crippen molar-refractivity contribution >= 4 is 52.2 Å². The lowest BCUT2D eigenvalue weighted by Gasteiger charge is -2.10. The SMILES string of the molecule is Cc1cc2c(cc1-c1n(-c3c(C)cccc3C)cc[n+]1C)sc1sc3ccccc3c12. The van der Waals surface area contributed by atoms with Gasteiger partial charge in [-0.25, -0.2) is 4.57 Å². The van der Waals surface area contributed by atoms with Crippen LogP contribution in [0.1, 0.15) is 16.7 Å². The molecule has 0 aliphatic carbocycles. The van der Waals surface area contributed by atoms with Crippen LogP contribution in [0.15, 0.2) is 67.0 Å². The topological polar surface area (TPSA) is 8.81 Å². The summed E-state index contributed by atoms with van der Waals surface area (Å²) < 4.78 is 8.75. The van der Waals surface area contributed by atoms with Gasteiger partial charge in [0.1, 0.15) is 18.1 Å². The number of hydrogen-bond donors (Lipinski definition) is 0. The predicted octanol–water partition coefficient (Wildman–Crippen LogP) is 7.48. The number of hydrogen-bond acceptors (Lipinski definition) is 2. The molecule has 0 amide bonds. The minimum atomic E-state index is 1.22. The lowest BCUT2D eigenvalue weighted by Crippen LogP contribution is -2.29. The molecule has 2 nitrogen and oxygen atoms in total. The third kappa shape index (κ3) is 2.72. The summed E-state index contributed by atoms with van der Waals surface area (Å²) in [4.78, 5) is 0. The number of fused-ring (bicyclic) bond motifs is 5. The zero-order chi connectivity index (χ0) is 21.3. The Morgan fingerprint density at radius 2 is 1.52 bits per heavy atom. The molecule has 31 heavy (non-hydrogen) atoms. The van der Waals surface area contributed by atoms with E-state index in [-0.39, 0.29) is 0 Å². The van der Waals surface area contributed by atoms with Crippen LogP contribution in [-0.4, -0.2) is 4.57 Å². The number of aryl methyl sites for hydroxylation is 4. The lowest BCUT2D eigenvalue weighted by atomic mass is 10.0. The van der Waals surface area contributed by atoms with E-state index in [1.807, 2.05) is 22.7 Å². The molecule has 0 N–H and O–H groups in total. The van der Waals surface area contributed by atoms with Gasteiger partial charge in [0.2, 0.25) is 0 Å². The molecule has 152 valence electrons. The minimum absolute atomic E-state index is 1.22. The van der Waals surface area contributed by atoms with Gasteiger partial charge in [-0.2, -0.15) is 4.57 Å². The molecular formula is C27H23N2S2+. The summed E-state index contributed by atoms with van der Waals surface area (Å²) in [5, 5.41) is 4.18. The molecular weight excluding hydrogens is 416 g/mol. The monoisotopic (exact) mass is 439 g/mol. The summed E-state index contributed by atoms with van der Waals surface area (Å²) in [6.45, 7) is 6.64. The summed E-state index contributed by atoms with van der Waals surface area (Å²) in [5.41, 5.74) is 6.46. The average Bonchev–Trinajstić information content (AvgIpc) is 3.39. The Labute approximate surface area is 189 Å². The summed E-state index contributed by atoms with van der Waals surface area (Å²) in [6, 6.07) is 20.1. The number of nitrogens with zero attached hydrogens (tertiary/aromatic N) is 2. The maximum absolute atomic E-state index is 2.40. The van der Waals surface area contributed by atoms with E-state index in [2.05, 4.69) is 104 Å². The lowest BCUT2D eigenvalue weighted by molar-refractivity contribution is -0.659. The van der Waals surface area contributed by atoms with E-state index >= 15 is 0 Å². The van der Waals surface area contributed by atoms with Gasteiger partial charge < -0.3 is 0 Å². The van der Waals surface area contributed by atoms with E-state index in [1.165, 1.54) is 63.3 Å². The van der Waals surface area contributed by atoms with Crippen molar-refractivity contribution < 1.29 is 4.57 Å². The van der Waals surface area contributed by atoms with Crippen LogP contribution in [0.5, 0.6) is 0 Å². The fraction of sp³-hybridized carbons (Fsp3) is 0.148. The second kappa shape index (κ2) is 6.78. The highest BCUT2D eigenvalue weighted by Crippen LogP contribution is 2.45. The number of thiophene rings is 2. The molecule has 0 unspecified atom stereocenters. The molecule has 6 rings (SSSR count). The Morgan fingerprint density at radius 3 is 2.32 bits per heavy atom. The molecule has 3 aromatic heterocycles. The third-order valence-electron chi connectivity index (χ3n) is 6.28.